The molecule has 0 aliphatic carbocycles. The molecule has 0 aliphatic rings. The molecule has 0 atom stereocenters. The van der Waals surface area contributed by atoms with Crippen LogP contribution in [-0.4, -0.2) is 28.8 Å². The molecule has 112 valence electrons. The third-order valence-electron chi connectivity index (χ3n) is 2.93. The number of nitrogens with zero attached hydrogens (tertiary/aromatic N) is 2. The van der Waals surface area contributed by atoms with E-state index in [-0.39, 0.29) is 12.5 Å². The number of amides is 1. The molecule has 0 unspecified atom stereocenters. The second-order valence-electron chi connectivity index (χ2n) is 4.74. The van der Waals surface area contributed by atoms with Gasteiger partial charge in [-0.1, -0.05) is 11.6 Å². The number of benzene rings is 1. The van der Waals surface area contributed by atoms with Crippen molar-refractivity contribution in [1.82, 2.24) is 15.1 Å². The van der Waals surface area contributed by atoms with Crippen molar-refractivity contribution in [3.05, 3.63) is 46.7 Å². The number of ether oxygens (including phenoxy) is 1. The lowest BCUT2D eigenvalue weighted by Crippen LogP contribution is -2.31. The molecular weight excluding hydrogens is 290 g/mol. The Kier molecular flexibility index (Phi) is 5.22. The highest BCUT2D eigenvalue weighted by Crippen LogP contribution is 2.15. The van der Waals surface area contributed by atoms with Gasteiger partial charge in [-0.3, -0.25) is 9.48 Å². The van der Waals surface area contributed by atoms with E-state index < -0.39 is 0 Å². The first-order chi connectivity index (χ1) is 10.0. The van der Waals surface area contributed by atoms with E-state index in [0.29, 0.717) is 23.9 Å². The van der Waals surface area contributed by atoms with Crippen LogP contribution in [0.25, 0.3) is 0 Å². The molecule has 6 heteroatoms. The molecule has 0 spiro atoms. The van der Waals surface area contributed by atoms with Gasteiger partial charge in [0.1, 0.15) is 5.75 Å². The number of halogens is 1. The fourth-order valence-electron chi connectivity index (χ4n) is 1.93. The Labute approximate surface area is 128 Å². The van der Waals surface area contributed by atoms with Gasteiger partial charge in [0.2, 0.25) is 0 Å². The summed E-state index contributed by atoms with van der Waals surface area (Å²) in [6.07, 6.45) is 0. The first-order valence-electron chi connectivity index (χ1n) is 6.71. The molecule has 0 fully saturated rings. The highest BCUT2D eigenvalue weighted by Gasteiger charge is 2.04. The van der Waals surface area contributed by atoms with Gasteiger partial charge in [-0.15, -0.1) is 0 Å². The van der Waals surface area contributed by atoms with Crippen LogP contribution in [-0.2, 0) is 11.3 Å². The molecule has 0 saturated heterocycles. The summed E-state index contributed by atoms with van der Waals surface area (Å²) in [6.45, 7) is 5.09. The molecule has 2 aromatic rings. The van der Waals surface area contributed by atoms with E-state index in [2.05, 4.69) is 10.4 Å². The number of hydrogen-bond donors (Lipinski definition) is 1. The summed E-state index contributed by atoms with van der Waals surface area (Å²) >= 11 is 5.77. The van der Waals surface area contributed by atoms with Gasteiger partial charge in [-0.05, 0) is 44.2 Å². The minimum absolute atomic E-state index is 0.0151. The molecule has 1 N–H and O–H groups in total. The number of hydrogen-bond acceptors (Lipinski definition) is 3. The zero-order valence-electron chi connectivity index (χ0n) is 12.1. The van der Waals surface area contributed by atoms with Gasteiger partial charge < -0.3 is 10.1 Å². The summed E-state index contributed by atoms with van der Waals surface area (Å²) in [4.78, 5) is 11.7. The van der Waals surface area contributed by atoms with Crippen molar-refractivity contribution in [3.8, 4) is 5.75 Å². The topological polar surface area (TPSA) is 56.2 Å². The number of carbonyl (C=O) groups is 1. The maximum Gasteiger partial charge on any atom is 0.258 e. The predicted molar refractivity (Wildman–Crippen MR) is 81.7 cm³/mol. The van der Waals surface area contributed by atoms with E-state index in [1.165, 1.54) is 0 Å². The van der Waals surface area contributed by atoms with Crippen LogP contribution >= 0.6 is 11.6 Å². The lowest BCUT2D eigenvalue weighted by atomic mass is 10.3. The van der Waals surface area contributed by atoms with Gasteiger partial charge in [0.05, 0.1) is 12.2 Å². The minimum atomic E-state index is -0.161. The molecule has 0 saturated carbocycles. The Hall–Kier alpha value is -2.01. The summed E-state index contributed by atoms with van der Waals surface area (Å²) in [5, 5.41) is 7.76. The van der Waals surface area contributed by atoms with E-state index in [4.69, 9.17) is 16.3 Å². The highest BCUT2D eigenvalue weighted by molar-refractivity contribution is 6.30. The molecular formula is C15H18ClN3O2. The molecule has 0 aliphatic heterocycles. The first kappa shape index (κ1) is 15.4. The van der Waals surface area contributed by atoms with Crippen LogP contribution in [0.2, 0.25) is 5.02 Å². The Morgan fingerprint density at radius 2 is 2.05 bits per heavy atom. The summed E-state index contributed by atoms with van der Waals surface area (Å²) in [6, 6.07) is 8.90. The fraction of sp³-hybridized carbons (Fsp3) is 0.333. The number of rotatable bonds is 6. The van der Waals surface area contributed by atoms with Crippen LogP contribution in [0.3, 0.4) is 0 Å². The van der Waals surface area contributed by atoms with Crippen molar-refractivity contribution in [1.29, 1.82) is 0 Å². The highest BCUT2D eigenvalue weighted by atomic mass is 35.5. The van der Waals surface area contributed by atoms with E-state index >= 15 is 0 Å². The smallest absolute Gasteiger partial charge is 0.258 e. The summed E-state index contributed by atoms with van der Waals surface area (Å²) in [5.41, 5.74) is 2.06. The van der Waals surface area contributed by atoms with Gasteiger partial charge in [-0.25, -0.2) is 0 Å². The van der Waals surface area contributed by atoms with E-state index in [0.717, 1.165) is 11.4 Å². The average molecular weight is 308 g/mol. The Balaban J connectivity index is 1.70. The number of carbonyl (C=O) groups excluding carboxylic acids is 1. The van der Waals surface area contributed by atoms with Gasteiger partial charge in [-0.2, -0.15) is 5.10 Å². The van der Waals surface area contributed by atoms with Gasteiger partial charge in [0.15, 0.2) is 6.61 Å². The summed E-state index contributed by atoms with van der Waals surface area (Å²) in [7, 11) is 0. The van der Waals surface area contributed by atoms with E-state index in [1.807, 2.05) is 24.6 Å². The van der Waals surface area contributed by atoms with Crippen molar-refractivity contribution in [2.75, 3.05) is 13.2 Å². The molecule has 5 nitrogen and oxygen atoms in total. The molecule has 1 heterocycles. The molecule has 1 aromatic heterocycles. The van der Waals surface area contributed by atoms with Crippen LogP contribution in [0, 0.1) is 13.8 Å². The molecule has 2 rings (SSSR count). The van der Waals surface area contributed by atoms with Gasteiger partial charge in [0.25, 0.3) is 5.91 Å². The quantitative estimate of drug-likeness (QED) is 0.891. The van der Waals surface area contributed by atoms with Gasteiger partial charge in [0, 0.05) is 17.3 Å². The number of nitrogens with one attached hydrogen (secondary N) is 1. The van der Waals surface area contributed by atoms with Gasteiger partial charge >= 0.3 is 0 Å². The second-order valence-corrected chi connectivity index (χ2v) is 5.18. The second kappa shape index (κ2) is 7.13. The predicted octanol–water partition coefficient (Wildman–Crippen LogP) is 2.35. The monoisotopic (exact) mass is 307 g/mol. The third-order valence-corrected chi connectivity index (χ3v) is 3.18. The molecule has 0 radical (unpaired) electrons. The number of aryl methyl sites for hydroxylation is 2. The maximum atomic E-state index is 11.7. The van der Waals surface area contributed by atoms with Crippen LogP contribution in [0.15, 0.2) is 30.3 Å². The van der Waals surface area contributed by atoms with Crippen molar-refractivity contribution < 1.29 is 9.53 Å². The molecule has 21 heavy (non-hydrogen) atoms. The van der Waals surface area contributed by atoms with Crippen molar-refractivity contribution in [3.63, 3.8) is 0 Å². The first-order valence-corrected chi connectivity index (χ1v) is 7.08. The largest absolute Gasteiger partial charge is 0.484 e. The SMILES string of the molecule is Cc1cc(C)n(CCNC(=O)COc2ccc(Cl)cc2)n1. The zero-order valence-corrected chi connectivity index (χ0v) is 12.9. The third kappa shape index (κ3) is 4.79. The maximum absolute atomic E-state index is 11.7. The Morgan fingerprint density at radius 1 is 1.33 bits per heavy atom. The number of aromatic nitrogens is 2. The molecule has 0 bridgehead atoms. The molecule has 1 amide bonds. The van der Waals surface area contributed by atoms with Crippen LogP contribution in [0.4, 0.5) is 0 Å². The molecule has 1 aromatic carbocycles. The van der Waals surface area contributed by atoms with Crippen LogP contribution in [0.5, 0.6) is 5.75 Å². The van der Waals surface area contributed by atoms with Crippen LogP contribution in [0.1, 0.15) is 11.4 Å². The van der Waals surface area contributed by atoms with E-state index in [9.17, 15) is 4.79 Å². The lowest BCUT2D eigenvalue weighted by molar-refractivity contribution is -0.123. The summed E-state index contributed by atoms with van der Waals surface area (Å²) < 4.78 is 7.23. The van der Waals surface area contributed by atoms with Crippen LogP contribution < -0.4 is 10.1 Å². The Morgan fingerprint density at radius 3 is 2.67 bits per heavy atom. The lowest BCUT2D eigenvalue weighted by Gasteiger charge is -2.08. The normalized spacial score (nSPS) is 10.4. The average Bonchev–Trinajstić information content (AvgIpc) is 2.76. The minimum Gasteiger partial charge on any atom is -0.484 e. The van der Waals surface area contributed by atoms with Crippen molar-refractivity contribution >= 4 is 17.5 Å². The van der Waals surface area contributed by atoms with Crippen molar-refractivity contribution in [2.24, 2.45) is 0 Å². The van der Waals surface area contributed by atoms with Crippen molar-refractivity contribution in [2.45, 2.75) is 20.4 Å². The Bertz CT molecular complexity index is 608. The standard InChI is InChI=1S/C15H18ClN3O2/c1-11-9-12(2)19(18-11)8-7-17-15(20)10-21-14-5-3-13(16)4-6-14/h3-6,9H,7-8,10H2,1-2H3,(H,17,20). The zero-order chi connectivity index (χ0) is 15.2. The van der Waals surface area contributed by atoms with E-state index in [1.54, 1.807) is 24.3 Å². The summed E-state index contributed by atoms with van der Waals surface area (Å²) in [5.74, 6) is 0.458. The fourth-order valence-corrected chi connectivity index (χ4v) is 2.06.